The van der Waals surface area contributed by atoms with Crippen molar-refractivity contribution in [2.75, 3.05) is 49.8 Å². The predicted molar refractivity (Wildman–Crippen MR) is 140 cm³/mol. The zero-order valence-electron chi connectivity index (χ0n) is 22.2. The molecule has 0 saturated carbocycles. The Morgan fingerprint density at radius 2 is 0.806 bits per heavy atom. The first-order valence-electron chi connectivity index (χ1n) is 11.7. The highest BCUT2D eigenvalue weighted by Crippen LogP contribution is 2.39. The second-order valence-corrected chi connectivity index (χ2v) is 8.20. The zero-order valence-corrected chi connectivity index (χ0v) is 22.2. The van der Waals surface area contributed by atoms with Crippen LogP contribution < -0.4 is 33.2 Å². The topological polar surface area (TPSA) is 64.6 Å². The van der Waals surface area contributed by atoms with Crippen molar-refractivity contribution >= 4 is 0 Å². The Labute approximate surface area is 213 Å². The molecule has 0 aliphatic heterocycles. The van der Waals surface area contributed by atoms with Crippen molar-refractivity contribution in [2.45, 2.75) is 25.7 Å². The first kappa shape index (κ1) is 26.9. The first-order valence-corrected chi connectivity index (χ1v) is 11.7. The maximum atomic E-state index is 5.59. The van der Waals surface area contributed by atoms with Gasteiger partial charge < -0.3 is 33.2 Å². The Morgan fingerprint density at radius 1 is 0.389 bits per heavy atom. The van der Waals surface area contributed by atoms with Gasteiger partial charge in [-0.05, 0) is 84.3 Å². The molecule has 7 heteroatoms. The average molecular weight is 497 g/mol. The van der Waals surface area contributed by atoms with E-state index in [1.165, 1.54) is 11.1 Å². The van der Waals surface area contributed by atoms with E-state index in [0.29, 0.717) is 23.0 Å². The SMILES string of the molecule is COc1ccc(CCc2cc(OC)c(OC)cc2CCc2cc(OC)c(OC)c(OC)c2)cc1OC. The monoisotopic (exact) mass is 496 g/mol. The molecule has 0 saturated heterocycles. The molecule has 0 aliphatic rings. The van der Waals surface area contributed by atoms with Gasteiger partial charge in [-0.2, -0.15) is 0 Å². The van der Waals surface area contributed by atoms with Gasteiger partial charge in [-0.25, -0.2) is 0 Å². The molecule has 0 heterocycles. The lowest BCUT2D eigenvalue weighted by Crippen LogP contribution is -2.03. The van der Waals surface area contributed by atoms with Crippen LogP contribution in [-0.2, 0) is 25.7 Å². The number of benzene rings is 3. The molecule has 7 nitrogen and oxygen atoms in total. The third kappa shape index (κ3) is 6.08. The maximum absolute atomic E-state index is 5.59. The van der Waals surface area contributed by atoms with E-state index in [1.54, 1.807) is 49.8 Å². The highest BCUT2D eigenvalue weighted by Gasteiger charge is 2.16. The Morgan fingerprint density at radius 3 is 1.25 bits per heavy atom. The number of aryl methyl sites for hydroxylation is 4. The van der Waals surface area contributed by atoms with E-state index in [4.69, 9.17) is 33.2 Å². The molecular weight excluding hydrogens is 460 g/mol. The second-order valence-electron chi connectivity index (χ2n) is 8.20. The van der Waals surface area contributed by atoms with Crippen molar-refractivity contribution in [3.8, 4) is 40.2 Å². The second kappa shape index (κ2) is 12.8. The molecule has 194 valence electrons. The molecule has 0 aliphatic carbocycles. The lowest BCUT2D eigenvalue weighted by atomic mass is 9.94. The Hall–Kier alpha value is -3.74. The molecule has 0 amide bonds. The van der Waals surface area contributed by atoms with Crippen LogP contribution in [0.2, 0.25) is 0 Å². The summed E-state index contributed by atoms with van der Waals surface area (Å²) < 4.78 is 38.5. The summed E-state index contributed by atoms with van der Waals surface area (Å²) in [7, 11) is 11.5. The minimum Gasteiger partial charge on any atom is -0.493 e. The Bertz CT molecular complexity index is 1130. The van der Waals surface area contributed by atoms with Gasteiger partial charge in [0.25, 0.3) is 0 Å². The summed E-state index contributed by atoms with van der Waals surface area (Å²) in [6.07, 6.45) is 3.27. The summed E-state index contributed by atoms with van der Waals surface area (Å²) in [4.78, 5) is 0. The summed E-state index contributed by atoms with van der Waals surface area (Å²) in [6.45, 7) is 0. The van der Waals surface area contributed by atoms with Gasteiger partial charge in [-0.1, -0.05) is 6.07 Å². The van der Waals surface area contributed by atoms with Gasteiger partial charge in [0.2, 0.25) is 5.75 Å². The molecule has 36 heavy (non-hydrogen) atoms. The van der Waals surface area contributed by atoms with Crippen LogP contribution in [0.4, 0.5) is 0 Å². The number of hydrogen-bond acceptors (Lipinski definition) is 7. The van der Waals surface area contributed by atoms with Crippen molar-refractivity contribution in [2.24, 2.45) is 0 Å². The molecule has 0 aromatic heterocycles. The van der Waals surface area contributed by atoms with E-state index in [9.17, 15) is 0 Å². The summed E-state index contributed by atoms with van der Waals surface area (Å²) in [6, 6.07) is 14.2. The molecule has 0 spiro atoms. The number of hydrogen-bond donors (Lipinski definition) is 0. The van der Waals surface area contributed by atoms with E-state index >= 15 is 0 Å². The molecule has 3 rings (SSSR count). The molecule has 3 aromatic rings. The fourth-order valence-corrected chi connectivity index (χ4v) is 4.30. The van der Waals surface area contributed by atoms with Crippen molar-refractivity contribution in [1.29, 1.82) is 0 Å². The maximum Gasteiger partial charge on any atom is 0.203 e. The number of methoxy groups -OCH3 is 7. The summed E-state index contributed by atoms with van der Waals surface area (Å²) in [5.41, 5.74) is 4.65. The number of rotatable bonds is 13. The molecule has 0 fully saturated rings. The van der Waals surface area contributed by atoms with Crippen LogP contribution >= 0.6 is 0 Å². The van der Waals surface area contributed by atoms with Gasteiger partial charge in [0.15, 0.2) is 34.5 Å². The van der Waals surface area contributed by atoms with Gasteiger partial charge in [-0.15, -0.1) is 0 Å². The largest absolute Gasteiger partial charge is 0.493 e. The molecule has 3 aromatic carbocycles. The molecular formula is C29H36O7. The van der Waals surface area contributed by atoms with Crippen LogP contribution in [0.15, 0.2) is 42.5 Å². The van der Waals surface area contributed by atoms with Gasteiger partial charge in [0.05, 0.1) is 49.8 Å². The Kier molecular flexibility index (Phi) is 9.56. The van der Waals surface area contributed by atoms with Crippen molar-refractivity contribution in [1.82, 2.24) is 0 Å². The molecule has 0 N–H and O–H groups in total. The molecule has 0 bridgehead atoms. The van der Waals surface area contributed by atoms with E-state index in [0.717, 1.165) is 54.1 Å². The van der Waals surface area contributed by atoms with Crippen LogP contribution in [0.1, 0.15) is 22.3 Å². The Balaban J connectivity index is 1.88. The highest BCUT2D eigenvalue weighted by molar-refractivity contribution is 5.54. The standard InChI is InChI=1S/C29H36O7/c1-30-23-13-10-19(14-24(23)31-2)8-11-21-17-25(32-3)26(33-4)18-22(21)12-9-20-15-27(34-5)29(36-7)28(16-20)35-6/h10,13-18H,8-9,11-12H2,1-7H3. The van der Waals surface area contributed by atoms with E-state index in [1.807, 2.05) is 24.3 Å². The molecule has 0 radical (unpaired) electrons. The van der Waals surface area contributed by atoms with Crippen molar-refractivity contribution in [3.05, 3.63) is 64.7 Å². The quantitative estimate of drug-likeness (QED) is 0.317. The predicted octanol–water partition coefficient (Wildman–Crippen LogP) is 5.32. The van der Waals surface area contributed by atoms with Crippen LogP contribution in [-0.4, -0.2) is 49.8 Å². The third-order valence-corrected chi connectivity index (χ3v) is 6.24. The van der Waals surface area contributed by atoms with E-state index in [-0.39, 0.29) is 0 Å². The summed E-state index contributed by atoms with van der Waals surface area (Å²) in [5, 5.41) is 0. The number of ether oxygens (including phenoxy) is 7. The van der Waals surface area contributed by atoms with E-state index in [2.05, 4.69) is 18.2 Å². The van der Waals surface area contributed by atoms with Crippen LogP contribution in [0.25, 0.3) is 0 Å². The van der Waals surface area contributed by atoms with Crippen molar-refractivity contribution in [3.63, 3.8) is 0 Å². The zero-order chi connectivity index (χ0) is 26.1. The fourth-order valence-electron chi connectivity index (χ4n) is 4.30. The lowest BCUT2D eigenvalue weighted by Gasteiger charge is -2.17. The third-order valence-electron chi connectivity index (χ3n) is 6.24. The van der Waals surface area contributed by atoms with Gasteiger partial charge in [0.1, 0.15) is 0 Å². The van der Waals surface area contributed by atoms with E-state index < -0.39 is 0 Å². The molecule has 0 atom stereocenters. The normalized spacial score (nSPS) is 10.5. The summed E-state index contributed by atoms with van der Waals surface area (Å²) in [5.74, 6) is 4.76. The van der Waals surface area contributed by atoms with Crippen LogP contribution in [0.5, 0.6) is 40.2 Å². The highest BCUT2D eigenvalue weighted by atomic mass is 16.5. The molecule has 0 unspecified atom stereocenters. The van der Waals surface area contributed by atoms with Crippen molar-refractivity contribution < 1.29 is 33.2 Å². The van der Waals surface area contributed by atoms with Gasteiger partial charge >= 0.3 is 0 Å². The summed E-state index contributed by atoms with van der Waals surface area (Å²) >= 11 is 0. The minimum absolute atomic E-state index is 0.588. The van der Waals surface area contributed by atoms with Gasteiger partial charge in [0, 0.05) is 0 Å². The fraction of sp³-hybridized carbons (Fsp3) is 0.379. The lowest BCUT2D eigenvalue weighted by molar-refractivity contribution is 0.324. The van der Waals surface area contributed by atoms with Crippen LogP contribution in [0, 0.1) is 0 Å². The van der Waals surface area contributed by atoms with Gasteiger partial charge in [-0.3, -0.25) is 0 Å². The minimum atomic E-state index is 0.588. The average Bonchev–Trinajstić information content (AvgIpc) is 2.93. The smallest absolute Gasteiger partial charge is 0.203 e. The first-order chi connectivity index (χ1) is 17.5. The van der Waals surface area contributed by atoms with Crippen LogP contribution in [0.3, 0.4) is 0 Å².